The van der Waals surface area contributed by atoms with Gasteiger partial charge in [0, 0.05) is 12.0 Å². The van der Waals surface area contributed by atoms with Crippen LogP contribution in [0.1, 0.15) is 18.5 Å². The average Bonchev–Trinajstić information content (AvgIpc) is 3.17. The van der Waals surface area contributed by atoms with Crippen LogP contribution in [-0.4, -0.2) is 54.6 Å². The number of benzene rings is 2. The topological polar surface area (TPSA) is 73.7 Å². The second kappa shape index (κ2) is 9.11. The summed E-state index contributed by atoms with van der Waals surface area (Å²) in [6, 6.07) is 15.1. The summed E-state index contributed by atoms with van der Waals surface area (Å²) in [6.07, 6.45) is 2.01. The standard InChI is InChI=1S/C23H25N3O4S/c1-4-30-22(28)19-20(15-9-11-16(31-3)12-10-15)26-18-8-6-5-7-17(18)24-23(26)25(21(19)27)13-14-29-2/h5-12,19-20H,4,13-14H2,1-3H3/t19-,20-/m1/s1. The molecule has 162 valence electrons. The quantitative estimate of drug-likeness (QED) is 0.319. The van der Waals surface area contributed by atoms with Crippen LogP contribution in [0, 0.1) is 5.92 Å². The van der Waals surface area contributed by atoms with Crippen molar-refractivity contribution in [1.82, 2.24) is 9.55 Å². The number of hydrogen-bond acceptors (Lipinski definition) is 6. The van der Waals surface area contributed by atoms with Crippen molar-refractivity contribution >= 4 is 40.6 Å². The predicted molar refractivity (Wildman–Crippen MR) is 120 cm³/mol. The summed E-state index contributed by atoms with van der Waals surface area (Å²) in [5, 5.41) is 0. The monoisotopic (exact) mass is 439 g/mol. The Hall–Kier alpha value is -2.84. The van der Waals surface area contributed by atoms with Crippen LogP contribution >= 0.6 is 11.8 Å². The largest absolute Gasteiger partial charge is 0.465 e. The Balaban J connectivity index is 1.95. The first-order chi connectivity index (χ1) is 15.1. The van der Waals surface area contributed by atoms with Gasteiger partial charge in [-0.3, -0.25) is 14.5 Å². The molecule has 3 aromatic rings. The average molecular weight is 440 g/mol. The molecule has 2 heterocycles. The van der Waals surface area contributed by atoms with Crippen molar-refractivity contribution in [2.24, 2.45) is 5.92 Å². The van der Waals surface area contributed by atoms with Gasteiger partial charge in [-0.15, -0.1) is 11.8 Å². The van der Waals surface area contributed by atoms with E-state index in [1.165, 1.54) is 4.90 Å². The predicted octanol–water partition coefficient (Wildman–Crippen LogP) is 3.52. The van der Waals surface area contributed by atoms with Gasteiger partial charge in [0.15, 0.2) is 5.92 Å². The van der Waals surface area contributed by atoms with Gasteiger partial charge in [-0.1, -0.05) is 24.3 Å². The number of fused-ring (bicyclic) bond motifs is 3. The normalized spacial score (nSPS) is 18.3. The maximum Gasteiger partial charge on any atom is 0.321 e. The van der Waals surface area contributed by atoms with Crippen LogP contribution < -0.4 is 4.90 Å². The van der Waals surface area contributed by atoms with Crippen LogP contribution in [0.2, 0.25) is 0 Å². The number of thioether (sulfide) groups is 1. The second-order valence-electron chi connectivity index (χ2n) is 7.20. The van der Waals surface area contributed by atoms with Crippen molar-refractivity contribution in [3.05, 3.63) is 54.1 Å². The zero-order chi connectivity index (χ0) is 22.0. The van der Waals surface area contributed by atoms with Crippen molar-refractivity contribution in [3.63, 3.8) is 0 Å². The Bertz CT molecular complexity index is 1100. The van der Waals surface area contributed by atoms with Gasteiger partial charge in [0.25, 0.3) is 0 Å². The van der Waals surface area contributed by atoms with Crippen LogP contribution in [0.15, 0.2) is 53.4 Å². The first-order valence-corrected chi connectivity index (χ1v) is 11.4. The summed E-state index contributed by atoms with van der Waals surface area (Å²) >= 11 is 1.64. The highest BCUT2D eigenvalue weighted by Crippen LogP contribution is 2.41. The third kappa shape index (κ3) is 3.81. The minimum Gasteiger partial charge on any atom is -0.465 e. The van der Waals surface area contributed by atoms with E-state index in [1.807, 2.05) is 59.4 Å². The summed E-state index contributed by atoms with van der Waals surface area (Å²) in [7, 11) is 1.58. The molecule has 0 spiro atoms. The van der Waals surface area contributed by atoms with E-state index in [9.17, 15) is 9.59 Å². The Morgan fingerprint density at radius 3 is 2.58 bits per heavy atom. The molecule has 2 aromatic carbocycles. The summed E-state index contributed by atoms with van der Waals surface area (Å²) in [6.45, 7) is 2.58. The van der Waals surface area contributed by atoms with Crippen LogP contribution in [0.4, 0.5) is 5.95 Å². The molecular weight excluding hydrogens is 414 g/mol. The number of aromatic nitrogens is 2. The molecule has 1 aromatic heterocycles. The molecule has 0 bridgehead atoms. The van der Waals surface area contributed by atoms with E-state index < -0.39 is 17.9 Å². The number of esters is 1. The summed E-state index contributed by atoms with van der Waals surface area (Å²) in [5.74, 6) is -1.35. The SMILES string of the molecule is CCOC(=O)[C@H]1C(=O)N(CCOC)c2nc3ccccc3n2[C@@H]1c1ccc(SC)cc1. The number of carbonyl (C=O) groups excluding carboxylic acids is 2. The van der Waals surface area contributed by atoms with Gasteiger partial charge in [-0.25, -0.2) is 4.98 Å². The number of anilines is 1. The lowest BCUT2D eigenvalue weighted by Crippen LogP contribution is -2.51. The van der Waals surface area contributed by atoms with Crippen LogP contribution in [0.3, 0.4) is 0 Å². The molecule has 0 fully saturated rings. The molecule has 1 aliphatic rings. The van der Waals surface area contributed by atoms with Gasteiger partial charge in [-0.2, -0.15) is 0 Å². The lowest BCUT2D eigenvalue weighted by atomic mass is 9.89. The van der Waals surface area contributed by atoms with E-state index in [-0.39, 0.29) is 12.5 Å². The molecule has 0 N–H and O–H groups in total. The number of rotatable bonds is 7. The molecule has 0 radical (unpaired) electrons. The van der Waals surface area contributed by atoms with Crippen molar-refractivity contribution in [2.75, 3.05) is 38.0 Å². The third-order valence-corrected chi connectivity index (χ3v) is 6.21. The number of carbonyl (C=O) groups is 2. The zero-order valence-corrected chi connectivity index (χ0v) is 18.6. The summed E-state index contributed by atoms with van der Waals surface area (Å²) < 4.78 is 12.6. The molecule has 8 heteroatoms. The smallest absolute Gasteiger partial charge is 0.321 e. The third-order valence-electron chi connectivity index (χ3n) is 5.46. The van der Waals surface area contributed by atoms with Gasteiger partial charge in [0.05, 0.1) is 36.8 Å². The molecular formula is C23H25N3O4S. The van der Waals surface area contributed by atoms with Crippen molar-refractivity contribution < 1.29 is 19.1 Å². The number of imidazole rings is 1. The molecule has 7 nitrogen and oxygen atoms in total. The molecule has 2 atom stereocenters. The maximum atomic E-state index is 13.6. The molecule has 1 amide bonds. The first-order valence-electron chi connectivity index (χ1n) is 10.2. The zero-order valence-electron chi connectivity index (χ0n) is 17.8. The Kier molecular flexibility index (Phi) is 6.29. The van der Waals surface area contributed by atoms with E-state index in [4.69, 9.17) is 14.5 Å². The van der Waals surface area contributed by atoms with Crippen LogP contribution in [-0.2, 0) is 19.1 Å². The van der Waals surface area contributed by atoms with Crippen molar-refractivity contribution in [1.29, 1.82) is 0 Å². The lowest BCUT2D eigenvalue weighted by molar-refractivity contribution is -0.153. The van der Waals surface area contributed by atoms with Gasteiger partial charge in [-0.05, 0) is 43.0 Å². The van der Waals surface area contributed by atoms with Gasteiger partial charge < -0.3 is 14.0 Å². The van der Waals surface area contributed by atoms with Crippen molar-refractivity contribution in [2.45, 2.75) is 17.9 Å². The highest BCUT2D eigenvalue weighted by atomic mass is 32.2. The second-order valence-corrected chi connectivity index (χ2v) is 8.08. The van der Waals surface area contributed by atoms with E-state index >= 15 is 0 Å². The summed E-state index contributed by atoms with van der Waals surface area (Å²) in [4.78, 5) is 34.1. The van der Waals surface area contributed by atoms with E-state index in [0.29, 0.717) is 19.1 Å². The van der Waals surface area contributed by atoms with E-state index in [2.05, 4.69) is 0 Å². The fourth-order valence-corrected chi connectivity index (χ4v) is 4.45. The molecule has 1 aliphatic heterocycles. The number of ether oxygens (including phenoxy) is 2. The fraction of sp³-hybridized carbons (Fsp3) is 0.348. The number of hydrogen-bond donors (Lipinski definition) is 0. The Labute approximate surface area is 185 Å². The summed E-state index contributed by atoms with van der Waals surface area (Å²) in [5.41, 5.74) is 2.49. The Morgan fingerprint density at radius 2 is 1.90 bits per heavy atom. The molecule has 0 saturated carbocycles. The number of para-hydroxylation sites is 2. The first kappa shape index (κ1) is 21.4. The van der Waals surface area contributed by atoms with E-state index in [1.54, 1.807) is 25.8 Å². The molecule has 31 heavy (non-hydrogen) atoms. The van der Waals surface area contributed by atoms with Gasteiger partial charge in [0.2, 0.25) is 11.9 Å². The minimum absolute atomic E-state index is 0.205. The fourth-order valence-electron chi connectivity index (χ4n) is 4.04. The van der Waals surface area contributed by atoms with Gasteiger partial charge in [0.1, 0.15) is 0 Å². The minimum atomic E-state index is -1.01. The van der Waals surface area contributed by atoms with E-state index in [0.717, 1.165) is 21.5 Å². The maximum absolute atomic E-state index is 13.6. The van der Waals surface area contributed by atoms with Crippen molar-refractivity contribution in [3.8, 4) is 0 Å². The van der Waals surface area contributed by atoms with Gasteiger partial charge >= 0.3 is 5.97 Å². The molecule has 4 rings (SSSR count). The molecule has 0 unspecified atom stereocenters. The highest BCUT2D eigenvalue weighted by molar-refractivity contribution is 7.98. The number of amides is 1. The van der Waals surface area contributed by atoms with Crippen LogP contribution in [0.25, 0.3) is 11.0 Å². The molecule has 0 saturated heterocycles. The Morgan fingerprint density at radius 1 is 1.16 bits per heavy atom. The number of nitrogens with zero attached hydrogens (tertiary/aromatic N) is 3. The van der Waals surface area contributed by atoms with Crippen LogP contribution in [0.5, 0.6) is 0 Å². The lowest BCUT2D eigenvalue weighted by Gasteiger charge is -2.37. The highest BCUT2D eigenvalue weighted by Gasteiger charge is 2.47. The molecule has 0 aliphatic carbocycles. The number of methoxy groups -OCH3 is 1.